The Balaban J connectivity index is 1.42. The van der Waals surface area contributed by atoms with Crippen LogP contribution >= 0.6 is 11.8 Å². The summed E-state index contributed by atoms with van der Waals surface area (Å²) in [5.74, 6) is 1.04. The first-order chi connectivity index (χ1) is 14.2. The smallest absolute Gasteiger partial charge is 0.234 e. The van der Waals surface area contributed by atoms with E-state index in [0.717, 1.165) is 53.4 Å². The molecule has 1 amide bonds. The molecule has 6 heteroatoms. The maximum Gasteiger partial charge on any atom is 0.234 e. The van der Waals surface area contributed by atoms with Gasteiger partial charge in [-0.15, -0.1) is 0 Å². The van der Waals surface area contributed by atoms with E-state index in [-0.39, 0.29) is 11.6 Å². The van der Waals surface area contributed by atoms with Crippen LogP contribution in [0.1, 0.15) is 38.2 Å². The van der Waals surface area contributed by atoms with Crippen molar-refractivity contribution in [2.45, 2.75) is 38.3 Å². The second-order valence-corrected chi connectivity index (χ2v) is 8.19. The number of benzene rings is 2. The van der Waals surface area contributed by atoms with Gasteiger partial charge in [-0.3, -0.25) is 9.79 Å². The van der Waals surface area contributed by atoms with Gasteiger partial charge in [-0.05, 0) is 56.9 Å². The second kappa shape index (κ2) is 8.82. The third-order valence-electron chi connectivity index (χ3n) is 5.07. The topological polar surface area (TPSA) is 63.0 Å². The fourth-order valence-electron chi connectivity index (χ4n) is 3.70. The van der Waals surface area contributed by atoms with E-state index >= 15 is 0 Å². The van der Waals surface area contributed by atoms with Crippen LogP contribution < -0.4 is 10.1 Å². The van der Waals surface area contributed by atoms with Crippen molar-refractivity contribution in [3.05, 3.63) is 60.2 Å². The Labute approximate surface area is 175 Å². The van der Waals surface area contributed by atoms with Gasteiger partial charge in [0.25, 0.3) is 0 Å². The van der Waals surface area contributed by atoms with Gasteiger partial charge in [0.05, 0.1) is 18.1 Å². The van der Waals surface area contributed by atoms with E-state index < -0.39 is 0 Å². The Morgan fingerprint density at radius 2 is 1.79 bits per heavy atom. The molecule has 5 nitrogen and oxygen atoms in total. The molecule has 0 atom stereocenters. The van der Waals surface area contributed by atoms with Gasteiger partial charge in [0.15, 0.2) is 5.66 Å². The Hall–Kier alpha value is -2.60. The summed E-state index contributed by atoms with van der Waals surface area (Å²) >= 11 is 1.47. The second-order valence-electron chi connectivity index (χ2n) is 7.23. The van der Waals surface area contributed by atoms with E-state index in [0.29, 0.717) is 12.4 Å². The molecule has 29 heavy (non-hydrogen) atoms. The quantitative estimate of drug-likeness (QED) is 0.739. The number of ether oxygens (including phenoxy) is 1. The highest BCUT2D eigenvalue weighted by Crippen LogP contribution is 2.40. The number of thioether (sulfide) groups is 1. The number of amides is 1. The maximum atomic E-state index is 12.5. The van der Waals surface area contributed by atoms with Gasteiger partial charge in [-0.1, -0.05) is 42.1 Å². The molecule has 0 unspecified atom stereocenters. The van der Waals surface area contributed by atoms with Gasteiger partial charge < -0.3 is 10.1 Å². The van der Waals surface area contributed by atoms with E-state index in [4.69, 9.17) is 14.7 Å². The van der Waals surface area contributed by atoms with Crippen molar-refractivity contribution in [1.29, 1.82) is 0 Å². The lowest BCUT2D eigenvalue weighted by Crippen LogP contribution is -2.17. The van der Waals surface area contributed by atoms with Crippen LogP contribution in [0.15, 0.2) is 64.6 Å². The minimum Gasteiger partial charge on any atom is -0.494 e. The molecule has 0 radical (unpaired) electrons. The molecule has 1 aliphatic heterocycles. The number of nitrogens with zero attached hydrogens (tertiary/aromatic N) is 2. The molecular formula is C23H25N3O2S. The summed E-state index contributed by atoms with van der Waals surface area (Å²) in [6, 6.07) is 17.6. The fourth-order valence-corrected chi connectivity index (χ4v) is 4.58. The molecule has 1 spiro atoms. The molecule has 1 N–H and O–H groups in total. The minimum absolute atomic E-state index is 0.0540. The molecular weight excluding hydrogens is 382 g/mol. The molecule has 0 bridgehead atoms. The van der Waals surface area contributed by atoms with Crippen LogP contribution in [0.5, 0.6) is 5.75 Å². The number of aliphatic imine (C=N–C) groups is 2. The van der Waals surface area contributed by atoms with Crippen molar-refractivity contribution in [2.24, 2.45) is 9.98 Å². The normalized spacial score (nSPS) is 17.1. The molecule has 0 aromatic heterocycles. The average molecular weight is 408 g/mol. The third-order valence-corrected chi connectivity index (χ3v) is 6.04. The highest BCUT2D eigenvalue weighted by molar-refractivity contribution is 8.16. The zero-order valence-electron chi connectivity index (χ0n) is 16.6. The number of rotatable bonds is 6. The number of hydrogen-bond donors (Lipinski definition) is 1. The van der Waals surface area contributed by atoms with Gasteiger partial charge >= 0.3 is 0 Å². The zero-order chi connectivity index (χ0) is 20.1. The molecule has 2 aromatic carbocycles. The number of hydrogen-bond acceptors (Lipinski definition) is 5. The summed E-state index contributed by atoms with van der Waals surface area (Å²) < 4.78 is 5.43. The van der Waals surface area contributed by atoms with Gasteiger partial charge in [-0.25, -0.2) is 4.99 Å². The van der Waals surface area contributed by atoms with Crippen molar-refractivity contribution in [3.63, 3.8) is 0 Å². The Morgan fingerprint density at radius 3 is 2.48 bits per heavy atom. The summed E-state index contributed by atoms with van der Waals surface area (Å²) in [6.07, 6.45) is 4.30. The molecule has 2 aromatic rings. The zero-order valence-corrected chi connectivity index (χ0v) is 17.4. The molecule has 1 saturated carbocycles. The van der Waals surface area contributed by atoms with E-state index in [1.807, 2.05) is 49.4 Å². The van der Waals surface area contributed by atoms with E-state index in [1.165, 1.54) is 11.8 Å². The first-order valence-corrected chi connectivity index (χ1v) is 11.1. The first-order valence-electron chi connectivity index (χ1n) is 10.1. The molecule has 1 heterocycles. The van der Waals surface area contributed by atoms with Crippen LogP contribution in [0, 0.1) is 0 Å². The van der Waals surface area contributed by atoms with Crippen LogP contribution in [0.2, 0.25) is 0 Å². The van der Waals surface area contributed by atoms with Crippen LogP contribution in [-0.4, -0.2) is 34.7 Å². The van der Waals surface area contributed by atoms with Crippen molar-refractivity contribution >= 4 is 34.1 Å². The van der Waals surface area contributed by atoms with Crippen LogP contribution in [0.3, 0.4) is 0 Å². The highest BCUT2D eigenvalue weighted by atomic mass is 32.2. The lowest BCUT2D eigenvalue weighted by molar-refractivity contribution is -0.113. The Kier molecular flexibility index (Phi) is 6.00. The van der Waals surface area contributed by atoms with Crippen molar-refractivity contribution < 1.29 is 9.53 Å². The summed E-state index contributed by atoms with van der Waals surface area (Å²) in [5, 5.41) is 3.82. The van der Waals surface area contributed by atoms with Gasteiger partial charge in [0, 0.05) is 11.3 Å². The molecule has 4 rings (SSSR count). The number of carbonyl (C=O) groups excluding carboxylic acids is 1. The number of carbonyl (C=O) groups is 1. The van der Waals surface area contributed by atoms with E-state index in [2.05, 4.69) is 17.4 Å². The summed E-state index contributed by atoms with van der Waals surface area (Å²) in [7, 11) is 0. The molecule has 1 fully saturated rings. The lowest BCUT2D eigenvalue weighted by atomic mass is 10.1. The van der Waals surface area contributed by atoms with Crippen LogP contribution in [0.25, 0.3) is 0 Å². The van der Waals surface area contributed by atoms with Crippen molar-refractivity contribution in [2.75, 3.05) is 17.7 Å². The molecule has 150 valence electrons. The molecule has 1 aliphatic carbocycles. The lowest BCUT2D eigenvalue weighted by Gasteiger charge is -2.14. The monoisotopic (exact) mass is 407 g/mol. The van der Waals surface area contributed by atoms with Gasteiger partial charge in [0.2, 0.25) is 5.91 Å². The SMILES string of the molecule is CCOc1ccc(NC(=O)CSC2=NC3(CCCC3)N=C2c2ccccc2)cc1. The van der Waals surface area contributed by atoms with Crippen LogP contribution in [0.4, 0.5) is 5.69 Å². The predicted molar refractivity (Wildman–Crippen MR) is 120 cm³/mol. The minimum atomic E-state index is -0.306. The maximum absolute atomic E-state index is 12.5. The highest BCUT2D eigenvalue weighted by Gasteiger charge is 2.39. The van der Waals surface area contributed by atoms with E-state index in [1.54, 1.807) is 0 Å². The first kappa shape index (κ1) is 19.7. The summed E-state index contributed by atoms with van der Waals surface area (Å²) in [6.45, 7) is 2.57. The molecule has 2 aliphatic rings. The van der Waals surface area contributed by atoms with Gasteiger partial charge in [0.1, 0.15) is 10.8 Å². The van der Waals surface area contributed by atoms with Crippen molar-refractivity contribution in [3.8, 4) is 5.75 Å². The van der Waals surface area contributed by atoms with Crippen molar-refractivity contribution in [1.82, 2.24) is 0 Å². The summed E-state index contributed by atoms with van der Waals surface area (Å²) in [5.41, 5.74) is 2.44. The standard InChI is InChI=1S/C23H25N3O2S/c1-2-28-19-12-10-18(11-13-19)24-20(27)16-29-22-21(17-8-4-3-5-9-17)25-23(26-22)14-6-7-15-23/h3-5,8-13H,2,6-7,14-16H2,1H3,(H,24,27). The third kappa shape index (κ3) is 4.70. The molecule has 0 saturated heterocycles. The van der Waals surface area contributed by atoms with Crippen LogP contribution in [-0.2, 0) is 4.79 Å². The Morgan fingerprint density at radius 1 is 1.07 bits per heavy atom. The number of anilines is 1. The number of nitrogens with one attached hydrogen (secondary N) is 1. The predicted octanol–water partition coefficient (Wildman–Crippen LogP) is 4.93. The Bertz CT molecular complexity index is 917. The largest absolute Gasteiger partial charge is 0.494 e. The average Bonchev–Trinajstić information content (AvgIpc) is 3.35. The summed E-state index contributed by atoms with van der Waals surface area (Å²) in [4.78, 5) is 22.5. The fraction of sp³-hybridized carbons (Fsp3) is 0.348. The van der Waals surface area contributed by atoms with E-state index in [9.17, 15) is 4.79 Å². The van der Waals surface area contributed by atoms with Gasteiger partial charge in [-0.2, -0.15) is 0 Å².